The van der Waals surface area contributed by atoms with Gasteiger partial charge in [0.05, 0.1) is 28.7 Å². The topological polar surface area (TPSA) is 63.9 Å². The highest BCUT2D eigenvalue weighted by molar-refractivity contribution is 7.99. The molecule has 1 fully saturated rings. The zero-order chi connectivity index (χ0) is 18.6. The van der Waals surface area contributed by atoms with Crippen molar-refractivity contribution in [2.24, 2.45) is 0 Å². The molecule has 1 aliphatic rings. The van der Waals surface area contributed by atoms with Gasteiger partial charge in [-0.05, 0) is 44.0 Å². The lowest BCUT2D eigenvalue weighted by Gasteiger charge is -2.38. The number of amides is 1. The van der Waals surface area contributed by atoms with Gasteiger partial charge in [0.1, 0.15) is 0 Å². The first kappa shape index (κ1) is 17.7. The summed E-state index contributed by atoms with van der Waals surface area (Å²) in [7, 11) is 0. The van der Waals surface area contributed by atoms with Gasteiger partial charge in [-0.1, -0.05) is 18.2 Å². The second-order valence-corrected chi connectivity index (χ2v) is 7.95. The van der Waals surface area contributed by atoms with Crippen LogP contribution in [0.25, 0.3) is 5.69 Å². The Morgan fingerprint density at radius 1 is 1.04 bits per heavy atom. The van der Waals surface area contributed by atoms with Crippen LogP contribution in [0.2, 0.25) is 0 Å². The molecule has 138 valence electrons. The summed E-state index contributed by atoms with van der Waals surface area (Å²) in [6, 6.07) is 13.7. The molecular weight excluding hydrogens is 358 g/mol. The first-order valence-corrected chi connectivity index (χ1v) is 9.94. The number of para-hydroxylation sites is 1. The number of carbonyl (C=O) groups excluding carboxylic acids is 1. The van der Waals surface area contributed by atoms with E-state index in [1.807, 2.05) is 53.6 Å². The van der Waals surface area contributed by atoms with Gasteiger partial charge in [-0.15, -0.1) is 11.8 Å². The molecule has 2 atom stereocenters. The van der Waals surface area contributed by atoms with E-state index in [9.17, 15) is 4.79 Å². The molecule has 0 radical (unpaired) electrons. The van der Waals surface area contributed by atoms with Crippen LogP contribution in [0, 0.1) is 0 Å². The number of benzene rings is 1. The van der Waals surface area contributed by atoms with Gasteiger partial charge in [0.25, 0.3) is 5.91 Å². The molecule has 2 aromatic heterocycles. The van der Waals surface area contributed by atoms with E-state index in [-0.39, 0.29) is 11.9 Å². The molecule has 0 bridgehead atoms. The van der Waals surface area contributed by atoms with Crippen molar-refractivity contribution in [2.75, 3.05) is 6.54 Å². The van der Waals surface area contributed by atoms with Crippen LogP contribution >= 0.6 is 11.8 Å². The van der Waals surface area contributed by atoms with Crippen LogP contribution < -0.4 is 0 Å². The van der Waals surface area contributed by atoms with Crippen molar-refractivity contribution in [3.63, 3.8) is 0 Å². The van der Waals surface area contributed by atoms with Crippen LogP contribution in [0.15, 0.2) is 66.1 Å². The SMILES string of the molecule is CC1CCC(Sc2ccccn2)CN1C(=O)c1ccccc1-n1nccn1. The predicted molar refractivity (Wildman–Crippen MR) is 105 cm³/mol. The number of aromatic nitrogens is 4. The summed E-state index contributed by atoms with van der Waals surface area (Å²) in [5, 5.41) is 9.72. The molecule has 4 rings (SSSR count). The molecule has 1 amide bonds. The van der Waals surface area contributed by atoms with Gasteiger partial charge < -0.3 is 4.90 Å². The third-order valence-corrected chi connectivity index (χ3v) is 5.99. The largest absolute Gasteiger partial charge is 0.335 e. The summed E-state index contributed by atoms with van der Waals surface area (Å²) in [6.45, 7) is 2.83. The van der Waals surface area contributed by atoms with E-state index in [2.05, 4.69) is 22.1 Å². The summed E-state index contributed by atoms with van der Waals surface area (Å²) < 4.78 is 0. The quantitative estimate of drug-likeness (QED) is 0.695. The van der Waals surface area contributed by atoms with E-state index < -0.39 is 0 Å². The van der Waals surface area contributed by atoms with Crippen LogP contribution in [0.1, 0.15) is 30.1 Å². The van der Waals surface area contributed by atoms with Crippen LogP contribution in [0.3, 0.4) is 0 Å². The molecule has 7 heteroatoms. The van der Waals surface area contributed by atoms with Crippen LogP contribution in [0.4, 0.5) is 0 Å². The lowest BCUT2D eigenvalue weighted by Crippen LogP contribution is -2.46. The average molecular weight is 379 g/mol. The van der Waals surface area contributed by atoms with Gasteiger partial charge in [-0.25, -0.2) is 4.98 Å². The fraction of sp³-hybridized carbons (Fsp3) is 0.300. The molecule has 1 aliphatic heterocycles. The lowest BCUT2D eigenvalue weighted by atomic mass is 10.0. The Morgan fingerprint density at radius 2 is 1.81 bits per heavy atom. The van der Waals surface area contributed by atoms with Crippen LogP contribution in [-0.4, -0.2) is 48.6 Å². The number of thioether (sulfide) groups is 1. The van der Waals surface area contributed by atoms with Crippen molar-refractivity contribution in [1.82, 2.24) is 24.9 Å². The van der Waals surface area contributed by atoms with Crippen molar-refractivity contribution in [2.45, 2.75) is 36.1 Å². The fourth-order valence-corrected chi connectivity index (χ4v) is 4.47. The standard InChI is InChI=1S/C20H21N5OS/c1-15-9-10-16(27-19-8-4-5-11-21-19)14-24(15)20(26)17-6-2-3-7-18(17)25-22-12-13-23-25/h2-8,11-13,15-16H,9-10,14H2,1H3. The van der Waals surface area contributed by atoms with Gasteiger partial charge in [0, 0.05) is 24.0 Å². The molecule has 2 unspecified atom stereocenters. The molecule has 3 aromatic rings. The minimum atomic E-state index is 0.0294. The van der Waals surface area contributed by atoms with Gasteiger partial charge in [-0.2, -0.15) is 15.0 Å². The first-order valence-electron chi connectivity index (χ1n) is 9.07. The Morgan fingerprint density at radius 3 is 2.59 bits per heavy atom. The summed E-state index contributed by atoms with van der Waals surface area (Å²) >= 11 is 1.75. The Balaban J connectivity index is 1.56. The molecule has 0 aliphatic carbocycles. The van der Waals surface area contributed by atoms with Crippen molar-refractivity contribution >= 4 is 17.7 Å². The molecule has 1 aromatic carbocycles. The predicted octanol–water partition coefficient (Wildman–Crippen LogP) is 3.45. The number of rotatable bonds is 4. The van der Waals surface area contributed by atoms with Crippen molar-refractivity contribution in [3.8, 4) is 5.69 Å². The molecule has 27 heavy (non-hydrogen) atoms. The summed E-state index contributed by atoms with van der Waals surface area (Å²) in [6.07, 6.45) is 7.10. The van der Waals surface area contributed by atoms with Gasteiger partial charge >= 0.3 is 0 Å². The van der Waals surface area contributed by atoms with Crippen molar-refractivity contribution < 1.29 is 4.79 Å². The normalized spacial score (nSPS) is 19.8. The minimum Gasteiger partial charge on any atom is -0.335 e. The van der Waals surface area contributed by atoms with Crippen LogP contribution in [0.5, 0.6) is 0 Å². The second kappa shape index (κ2) is 7.92. The monoisotopic (exact) mass is 379 g/mol. The molecule has 6 nitrogen and oxygen atoms in total. The molecule has 0 saturated carbocycles. The van der Waals surface area contributed by atoms with E-state index in [1.54, 1.807) is 24.2 Å². The molecular formula is C20H21N5OS. The Bertz CT molecular complexity index is 900. The Hall–Kier alpha value is -2.67. The molecule has 0 spiro atoms. The van der Waals surface area contributed by atoms with E-state index in [0.29, 0.717) is 23.0 Å². The Labute approximate surface area is 162 Å². The molecule has 3 heterocycles. The summed E-state index contributed by atoms with van der Waals surface area (Å²) in [4.78, 5) is 21.2. The van der Waals surface area contributed by atoms with Gasteiger partial charge in [0.15, 0.2) is 0 Å². The number of piperidine rings is 1. The highest BCUT2D eigenvalue weighted by Gasteiger charge is 2.31. The number of hydrogen-bond acceptors (Lipinski definition) is 5. The summed E-state index contributed by atoms with van der Waals surface area (Å²) in [5.41, 5.74) is 1.34. The first-order chi connectivity index (χ1) is 13.2. The van der Waals surface area contributed by atoms with E-state index in [1.165, 1.54) is 4.80 Å². The zero-order valence-electron chi connectivity index (χ0n) is 15.1. The van der Waals surface area contributed by atoms with Crippen molar-refractivity contribution in [3.05, 3.63) is 66.6 Å². The number of pyridine rings is 1. The summed E-state index contributed by atoms with van der Waals surface area (Å²) in [5.74, 6) is 0.0294. The van der Waals surface area contributed by atoms with Gasteiger partial charge in [0.2, 0.25) is 0 Å². The maximum absolute atomic E-state index is 13.4. The number of carbonyl (C=O) groups is 1. The highest BCUT2D eigenvalue weighted by Crippen LogP contribution is 2.31. The van der Waals surface area contributed by atoms with Gasteiger partial charge in [-0.3, -0.25) is 4.79 Å². The Kier molecular flexibility index (Phi) is 5.20. The number of hydrogen-bond donors (Lipinski definition) is 0. The fourth-order valence-electron chi connectivity index (χ4n) is 3.36. The van der Waals surface area contributed by atoms with E-state index >= 15 is 0 Å². The molecule has 0 N–H and O–H groups in total. The lowest BCUT2D eigenvalue weighted by molar-refractivity contribution is 0.0641. The minimum absolute atomic E-state index is 0.0294. The van der Waals surface area contributed by atoms with Crippen LogP contribution in [-0.2, 0) is 0 Å². The van der Waals surface area contributed by atoms with E-state index in [4.69, 9.17) is 0 Å². The third-order valence-electron chi connectivity index (χ3n) is 4.79. The average Bonchev–Trinajstić information content (AvgIpc) is 3.24. The second-order valence-electron chi connectivity index (χ2n) is 6.63. The van der Waals surface area contributed by atoms with Crippen molar-refractivity contribution in [1.29, 1.82) is 0 Å². The molecule has 1 saturated heterocycles. The number of nitrogens with zero attached hydrogens (tertiary/aromatic N) is 5. The maximum atomic E-state index is 13.4. The zero-order valence-corrected chi connectivity index (χ0v) is 15.9. The highest BCUT2D eigenvalue weighted by atomic mass is 32.2. The number of likely N-dealkylation sites (tertiary alicyclic amines) is 1. The third kappa shape index (κ3) is 3.88. The van der Waals surface area contributed by atoms with E-state index in [0.717, 1.165) is 17.9 Å². The maximum Gasteiger partial charge on any atom is 0.256 e. The smallest absolute Gasteiger partial charge is 0.256 e.